The number of carboxylic acid groups (broad SMARTS) is 2. The van der Waals surface area contributed by atoms with Gasteiger partial charge in [0, 0.05) is 5.69 Å². The van der Waals surface area contributed by atoms with E-state index < -0.39 is 28.7 Å². The fraction of sp³-hybridized carbons (Fsp3) is 0.0833. The number of anilines is 2. The highest BCUT2D eigenvalue weighted by Gasteiger charge is 2.39. The van der Waals surface area contributed by atoms with Crippen LogP contribution in [0, 0.1) is 0 Å². The first-order valence-corrected chi connectivity index (χ1v) is 6.42. The van der Waals surface area contributed by atoms with Gasteiger partial charge in [0.2, 0.25) is 0 Å². The number of halogens is 3. The molecule has 22 heavy (non-hydrogen) atoms. The van der Waals surface area contributed by atoms with E-state index in [1.165, 1.54) is 24.3 Å². The van der Waals surface area contributed by atoms with E-state index in [4.69, 9.17) is 10.2 Å². The molecule has 1 aromatic heterocycles. The molecular formula is C12H7F3N2O4S. The average Bonchev–Trinajstić information content (AvgIpc) is 2.83. The molecule has 2 aromatic rings. The third kappa shape index (κ3) is 3.34. The zero-order valence-corrected chi connectivity index (χ0v) is 11.3. The lowest BCUT2D eigenvalue weighted by atomic mass is 10.2. The van der Waals surface area contributed by atoms with E-state index in [-0.39, 0.29) is 16.4 Å². The number of nitrogens with zero attached hydrogens (tertiary/aromatic N) is 1. The largest absolute Gasteiger partial charge is 0.478 e. The van der Waals surface area contributed by atoms with Gasteiger partial charge < -0.3 is 15.5 Å². The molecule has 0 radical (unpaired) electrons. The van der Waals surface area contributed by atoms with Crippen molar-refractivity contribution < 1.29 is 33.0 Å². The van der Waals surface area contributed by atoms with Gasteiger partial charge in [-0.15, -0.1) is 0 Å². The standard InChI is InChI=1S/C12H7F3N2O4S/c13-12(14,15)8-7(10(20)21)22-11(17-8)16-6-3-1-2-5(4-6)9(18)19/h1-4H,(H,16,17)(H,18,19)(H,20,21). The Bertz CT molecular complexity index is 742. The predicted octanol–water partition coefficient (Wildman–Crippen LogP) is 3.30. The van der Waals surface area contributed by atoms with Crippen molar-refractivity contribution >= 4 is 34.1 Å². The van der Waals surface area contributed by atoms with Gasteiger partial charge in [-0.25, -0.2) is 14.6 Å². The van der Waals surface area contributed by atoms with Crippen molar-refractivity contribution in [2.75, 3.05) is 5.32 Å². The monoisotopic (exact) mass is 332 g/mol. The molecule has 0 aliphatic carbocycles. The maximum Gasteiger partial charge on any atom is 0.435 e. The fourth-order valence-electron chi connectivity index (χ4n) is 1.56. The van der Waals surface area contributed by atoms with E-state index in [1.54, 1.807) is 0 Å². The normalized spacial score (nSPS) is 11.2. The molecule has 0 spiro atoms. The van der Waals surface area contributed by atoms with E-state index in [1.807, 2.05) is 0 Å². The first kappa shape index (κ1) is 15.8. The van der Waals surface area contributed by atoms with Crippen LogP contribution in [-0.2, 0) is 6.18 Å². The lowest BCUT2D eigenvalue weighted by Crippen LogP contribution is -2.11. The van der Waals surface area contributed by atoms with Crippen molar-refractivity contribution in [3.05, 3.63) is 40.4 Å². The van der Waals surface area contributed by atoms with Gasteiger partial charge in [0.15, 0.2) is 10.8 Å². The summed E-state index contributed by atoms with van der Waals surface area (Å²) in [6.45, 7) is 0. The molecule has 2 rings (SSSR count). The maximum absolute atomic E-state index is 12.7. The Kier molecular flexibility index (Phi) is 4.04. The third-order valence-electron chi connectivity index (χ3n) is 2.45. The highest BCUT2D eigenvalue weighted by atomic mass is 32.1. The lowest BCUT2D eigenvalue weighted by molar-refractivity contribution is -0.141. The predicted molar refractivity (Wildman–Crippen MR) is 70.8 cm³/mol. The second-order valence-electron chi connectivity index (χ2n) is 4.01. The highest BCUT2D eigenvalue weighted by Crippen LogP contribution is 2.37. The van der Waals surface area contributed by atoms with Crippen LogP contribution in [0.3, 0.4) is 0 Å². The Morgan fingerprint density at radius 2 is 1.86 bits per heavy atom. The molecule has 116 valence electrons. The Morgan fingerprint density at radius 3 is 2.36 bits per heavy atom. The van der Waals surface area contributed by atoms with Gasteiger partial charge in [0.25, 0.3) is 0 Å². The number of aromatic carboxylic acids is 2. The smallest absolute Gasteiger partial charge is 0.435 e. The number of hydrogen-bond acceptors (Lipinski definition) is 5. The van der Waals surface area contributed by atoms with Gasteiger partial charge in [0.1, 0.15) is 4.88 Å². The minimum atomic E-state index is -4.90. The molecule has 10 heteroatoms. The molecule has 6 nitrogen and oxygen atoms in total. The molecule has 0 saturated carbocycles. The SMILES string of the molecule is O=C(O)c1cccc(Nc2nc(C(F)(F)F)c(C(=O)O)s2)c1. The van der Waals surface area contributed by atoms with Crippen molar-refractivity contribution in [2.24, 2.45) is 0 Å². The quantitative estimate of drug-likeness (QED) is 0.794. The van der Waals surface area contributed by atoms with E-state index in [0.717, 1.165) is 0 Å². The van der Waals surface area contributed by atoms with Crippen molar-refractivity contribution in [3.63, 3.8) is 0 Å². The molecule has 0 atom stereocenters. The number of aromatic nitrogens is 1. The molecule has 0 aliphatic rings. The summed E-state index contributed by atoms with van der Waals surface area (Å²) in [6, 6.07) is 5.31. The number of hydrogen-bond donors (Lipinski definition) is 3. The fourth-order valence-corrected chi connectivity index (χ4v) is 2.41. The summed E-state index contributed by atoms with van der Waals surface area (Å²) >= 11 is 0.314. The Hall–Kier alpha value is -2.62. The summed E-state index contributed by atoms with van der Waals surface area (Å²) < 4.78 is 38.1. The van der Waals surface area contributed by atoms with Crippen molar-refractivity contribution in [3.8, 4) is 0 Å². The molecule has 1 heterocycles. The summed E-state index contributed by atoms with van der Waals surface area (Å²) in [7, 11) is 0. The molecule has 3 N–H and O–H groups in total. The van der Waals surface area contributed by atoms with Gasteiger partial charge in [-0.3, -0.25) is 0 Å². The summed E-state index contributed by atoms with van der Waals surface area (Å²) in [6.07, 6.45) is -4.90. The number of benzene rings is 1. The van der Waals surface area contributed by atoms with Crippen molar-refractivity contribution in [1.29, 1.82) is 0 Å². The van der Waals surface area contributed by atoms with Crippen molar-refractivity contribution in [1.82, 2.24) is 4.98 Å². The molecule has 0 fully saturated rings. The zero-order valence-electron chi connectivity index (χ0n) is 10.5. The molecule has 0 saturated heterocycles. The number of thiazole rings is 1. The first-order chi connectivity index (χ1) is 10.2. The van der Waals surface area contributed by atoms with Crippen LogP contribution in [0.5, 0.6) is 0 Å². The number of rotatable bonds is 4. The molecule has 0 aliphatic heterocycles. The van der Waals surface area contributed by atoms with Crippen LogP contribution < -0.4 is 5.32 Å². The topological polar surface area (TPSA) is 99.5 Å². The van der Waals surface area contributed by atoms with E-state index in [0.29, 0.717) is 11.3 Å². The van der Waals surface area contributed by atoms with Crippen LogP contribution >= 0.6 is 11.3 Å². The first-order valence-electron chi connectivity index (χ1n) is 5.60. The Balaban J connectivity index is 2.36. The van der Waals surface area contributed by atoms with Crippen LogP contribution in [0.15, 0.2) is 24.3 Å². The van der Waals surface area contributed by atoms with E-state index in [2.05, 4.69) is 10.3 Å². The minimum absolute atomic E-state index is 0.0731. The molecular weight excluding hydrogens is 325 g/mol. The number of alkyl halides is 3. The molecule has 0 unspecified atom stereocenters. The Labute approximate surface area is 124 Å². The second-order valence-corrected chi connectivity index (χ2v) is 5.01. The number of carbonyl (C=O) groups is 2. The van der Waals surface area contributed by atoms with Crippen LogP contribution in [0.2, 0.25) is 0 Å². The van der Waals surface area contributed by atoms with E-state index in [9.17, 15) is 22.8 Å². The third-order valence-corrected chi connectivity index (χ3v) is 3.41. The van der Waals surface area contributed by atoms with Crippen LogP contribution in [-0.4, -0.2) is 27.1 Å². The second kappa shape index (κ2) is 5.64. The number of nitrogens with one attached hydrogen (secondary N) is 1. The van der Waals surface area contributed by atoms with Crippen LogP contribution in [0.25, 0.3) is 0 Å². The van der Waals surface area contributed by atoms with Crippen LogP contribution in [0.1, 0.15) is 25.7 Å². The van der Waals surface area contributed by atoms with Gasteiger partial charge in [-0.1, -0.05) is 17.4 Å². The highest BCUT2D eigenvalue weighted by molar-refractivity contribution is 7.17. The summed E-state index contributed by atoms with van der Waals surface area (Å²) in [5, 5.41) is 19.8. The van der Waals surface area contributed by atoms with Gasteiger partial charge in [0.05, 0.1) is 5.56 Å². The lowest BCUT2D eigenvalue weighted by Gasteiger charge is -2.04. The molecule has 0 amide bonds. The van der Waals surface area contributed by atoms with E-state index >= 15 is 0 Å². The Morgan fingerprint density at radius 1 is 1.18 bits per heavy atom. The minimum Gasteiger partial charge on any atom is -0.478 e. The number of carboxylic acids is 2. The van der Waals surface area contributed by atoms with Gasteiger partial charge in [-0.05, 0) is 18.2 Å². The summed E-state index contributed by atoms with van der Waals surface area (Å²) in [5.74, 6) is -2.94. The van der Waals surface area contributed by atoms with Gasteiger partial charge in [-0.2, -0.15) is 13.2 Å². The van der Waals surface area contributed by atoms with Gasteiger partial charge >= 0.3 is 18.1 Å². The maximum atomic E-state index is 12.7. The zero-order chi connectivity index (χ0) is 16.5. The molecule has 1 aromatic carbocycles. The summed E-state index contributed by atoms with van der Waals surface area (Å²) in [5.41, 5.74) is -1.39. The molecule has 0 bridgehead atoms. The van der Waals surface area contributed by atoms with Crippen molar-refractivity contribution in [2.45, 2.75) is 6.18 Å². The van der Waals surface area contributed by atoms with Crippen LogP contribution in [0.4, 0.5) is 24.0 Å². The average molecular weight is 332 g/mol. The summed E-state index contributed by atoms with van der Waals surface area (Å²) in [4.78, 5) is 23.9.